The molecule has 0 aliphatic carbocycles. The van der Waals surface area contributed by atoms with Crippen molar-refractivity contribution in [2.45, 2.75) is 44.9 Å². The monoisotopic (exact) mass is 272 g/mol. The second kappa shape index (κ2) is 6.19. The van der Waals surface area contributed by atoms with Crippen molar-refractivity contribution in [3.05, 3.63) is 34.6 Å². The molecule has 0 spiro atoms. The lowest BCUT2D eigenvalue weighted by atomic mass is 9.73. The van der Waals surface area contributed by atoms with Crippen molar-refractivity contribution < 1.29 is 14.3 Å². The standard InChI is InChI=1S/C14H18ClFO2/c1-3-8-14(9-4-2,13(17)18)12-10(15)6-5-7-11(12)16/h5-7H,3-4,8-9H2,1-2H3,(H,17,18). The van der Waals surface area contributed by atoms with Gasteiger partial charge in [0.1, 0.15) is 5.82 Å². The molecule has 0 radical (unpaired) electrons. The smallest absolute Gasteiger partial charge is 0.314 e. The van der Waals surface area contributed by atoms with Crippen molar-refractivity contribution in [3.63, 3.8) is 0 Å². The van der Waals surface area contributed by atoms with E-state index in [9.17, 15) is 14.3 Å². The highest BCUT2D eigenvalue weighted by Gasteiger charge is 2.42. The molecular formula is C14H18ClFO2. The van der Waals surface area contributed by atoms with Gasteiger partial charge >= 0.3 is 5.97 Å². The third-order valence-corrected chi connectivity index (χ3v) is 3.52. The Morgan fingerprint density at radius 1 is 1.33 bits per heavy atom. The summed E-state index contributed by atoms with van der Waals surface area (Å²) in [5.74, 6) is -1.54. The van der Waals surface area contributed by atoms with E-state index in [0.29, 0.717) is 25.7 Å². The number of hydrogen-bond acceptors (Lipinski definition) is 1. The molecule has 0 aliphatic rings. The van der Waals surface area contributed by atoms with Crippen LogP contribution in [-0.4, -0.2) is 11.1 Å². The maximum atomic E-state index is 14.0. The average molecular weight is 273 g/mol. The van der Waals surface area contributed by atoms with Gasteiger partial charge in [-0.15, -0.1) is 0 Å². The van der Waals surface area contributed by atoms with Crippen LogP contribution in [0.1, 0.15) is 45.1 Å². The van der Waals surface area contributed by atoms with Gasteiger partial charge in [-0.3, -0.25) is 4.79 Å². The number of carbonyl (C=O) groups is 1. The van der Waals surface area contributed by atoms with E-state index in [0.717, 1.165) is 0 Å². The normalized spacial score (nSPS) is 11.6. The predicted octanol–water partition coefficient (Wildman–Crippen LogP) is 4.40. The molecular weight excluding hydrogens is 255 g/mol. The van der Waals surface area contributed by atoms with Crippen molar-refractivity contribution in [1.29, 1.82) is 0 Å². The van der Waals surface area contributed by atoms with Crippen LogP contribution in [0.15, 0.2) is 18.2 Å². The van der Waals surface area contributed by atoms with E-state index in [1.54, 1.807) is 6.07 Å². The largest absolute Gasteiger partial charge is 0.481 e. The third kappa shape index (κ3) is 2.66. The minimum atomic E-state index is -1.22. The maximum Gasteiger partial charge on any atom is 0.314 e. The van der Waals surface area contributed by atoms with Crippen LogP contribution in [0, 0.1) is 5.82 Å². The van der Waals surface area contributed by atoms with Gasteiger partial charge in [-0.1, -0.05) is 44.4 Å². The van der Waals surface area contributed by atoms with E-state index in [1.807, 2.05) is 13.8 Å². The zero-order valence-corrected chi connectivity index (χ0v) is 11.4. The number of carboxylic acids is 1. The summed E-state index contributed by atoms with van der Waals surface area (Å²) in [6.45, 7) is 3.78. The second-order valence-electron chi connectivity index (χ2n) is 4.48. The Kier molecular flexibility index (Phi) is 5.15. The van der Waals surface area contributed by atoms with Crippen LogP contribution in [-0.2, 0) is 10.2 Å². The molecule has 0 atom stereocenters. The number of carboxylic acid groups (broad SMARTS) is 1. The van der Waals surface area contributed by atoms with Crippen LogP contribution in [0.3, 0.4) is 0 Å². The summed E-state index contributed by atoms with van der Waals surface area (Å²) in [5, 5.41) is 9.76. The fourth-order valence-electron chi connectivity index (χ4n) is 2.50. The molecule has 1 aromatic carbocycles. The lowest BCUT2D eigenvalue weighted by Crippen LogP contribution is -2.37. The Hall–Kier alpha value is -1.09. The van der Waals surface area contributed by atoms with Gasteiger partial charge in [0.15, 0.2) is 0 Å². The van der Waals surface area contributed by atoms with Crippen molar-refractivity contribution in [1.82, 2.24) is 0 Å². The second-order valence-corrected chi connectivity index (χ2v) is 4.89. The lowest BCUT2D eigenvalue weighted by molar-refractivity contribution is -0.144. The zero-order chi connectivity index (χ0) is 13.8. The molecule has 0 unspecified atom stereocenters. The van der Waals surface area contributed by atoms with Gasteiger partial charge < -0.3 is 5.11 Å². The molecule has 1 N–H and O–H groups in total. The molecule has 18 heavy (non-hydrogen) atoms. The molecule has 0 heterocycles. The maximum absolute atomic E-state index is 14.0. The van der Waals surface area contributed by atoms with Gasteiger partial charge in [0.25, 0.3) is 0 Å². The molecule has 0 fully saturated rings. The first-order valence-electron chi connectivity index (χ1n) is 6.17. The van der Waals surface area contributed by atoms with Gasteiger partial charge in [0.05, 0.1) is 5.41 Å². The van der Waals surface area contributed by atoms with Gasteiger partial charge in [-0.25, -0.2) is 4.39 Å². The Bertz CT molecular complexity index is 406. The highest BCUT2D eigenvalue weighted by molar-refractivity contribution is 6.31. The Morgan fingerprint density at radius 2 is 1.89 bits per heavy atom. The van der Waals surface area contributed by atoms with Crippen LogP contribution in [0.2, 0.25) is 5.02 Å². The number of aliphatic carboxylic acids is 1. The van der Waals surface area contributed by atoms with Crippen molar-refractivity contribution in [3.8, 4) is 0 Å². The first-order valence-corrected chi connectivity index (χ1v) is 6.55. The SMILES string of the molecule is CCCC(CCC)(C(=O)O)c1c(F)cccc1Cl. The third-order valence-electron chi connectivity index (χ3n) is 3.20. The first kappa shape index (κ1) is 15.0. The van der Waals surface area contributed by atoms with Crippen LogP contribution in [0.25, 0.3) is 0 Å². The van der Waals surface area contributed by atoms with Gasteiger partial charge in [0, 0.05) is 10.6 Å². The molecule has 0 saturated carbocycles. The molecule has 0 aliphatic heterocycles. The molecule has 1 aromatic rings. The Labute approximate surface area is 112 Å². The van der Waals surface area contributed by atoms with Crippen molar-refractivity contribution >= 4 is 17.6 Å². The summed E-state index contributed by atoms with van der Waals surface area (Å²) < 4.78 is 14.0. The molecule has 0 amide bonds. The minimum Gasteiger partial charge on any atom is -0.481 e. The number of hydrogen-bond donors (Lipinski definition) is 1. The fraction of sp³-hybridized carbons (Fsp3) is 0.500. The quantitative estimate of drug-likeness (QED) is 0.833. The molecule has 0 saturated heterocycles. The minimum absolute atomic E-state index is 0.128. The summed E-state index contributed by atoms with van der Waals surface area (Å²) in [5.41, 5.74) is -1.09. The average Bonchev–Trinajstić information content (AvgIpc) is 2.28. The lowest BCUT2D eigenvalue weighted by Gasteiger charge is -2.30. The van der Waals surface area contributed by atoms with E-state index in [4.69, 9.17) is 11.6 Å². The summed E-state index contributed by atoms with van der Waals surface area (Å²) in [6, 6.07) is 4.30. The van der Waals surface area contributed by atoms with E-state index in [-0.39, 0.29) is 10.6 Å². The molecule has 0 aromatic heterocycles. The highest BCUT2D eigenvalue weighted by Crippen LogP contribution is 2.40. The Morgan fingerprint density at radius 3 is 2.28 bits per heavy atom. The van der Waals surface area contributed by atoms with E-state index in [2.05, 4.69) is 0 Å². The number of benzene rings is 1. The molecule has 2 nitrogen and oxygen atoms in total. The van der Waals surface area contributed by atoms with Crippen molar-refractivity contribution in [2.24, 2.45) is 0 Å². The van der Waals surface area contributed by atoms with Crippen LogP contribution in [0.5, 0.6) is 0 Å². The van der Waals surface area contributed by atoms with E-state index in [1.165, 1.54) is 12.1 Å². The van der Waals surface area contributed by atoms with E-state index >= 15 is 0 Å². The predicted molar refractivity (Wildman–Crippen MR) is 70.5 cm³/mol. The highest BCUT2D eigenvalue weighted by atomic mass is 35.5. The summed E-state index contributed by atoms with van der Waals surface area (Å²) in [6.07, 6.45) is 2.10. The van der Waals surface area contributed by atoms with Gasteiger partial charge in [0.2, 0.25) is 0 Å². The van der Waals surface area contributed by atoms with Crippen LogP contribution < -0.4 is 0 Å². The van der Waals surface area contributed by atoms with E-state index < -0.39 is 17.2 Å². The molecule has 0 bridgehead atoms. The number of halogens is 2. The summed E-state index contributed by atoms with van der Waals surface area (Å²) in [7, 11) is 0. The number of rotatable bonds is 6. The topological polar surface area (TPSA) is 37.3 Å². The van der Waals surface area contributed by atoms with Crippen LogP contribution in [0.4, 0.5) is 4.39 Å². The molecule has 100 valence electrons. The Balaban J connectivity index is 3.45. The molecule has 1 rings (SSSR count). The zero-order valence-electron chi connectivity index (χ0n) is 10.7. The summed E-state index contributed by atoms with van der Waals surface area (Å²) >= 11 is 6.03. The van der Waals surface area contributed by atoms with Crippen LogP contribution >= 0.6 is 11.6 Å². The van der Waals surface area contributed by atoms with Crippen molar-refractivity contribution in [2.75, 3.05) is 0 Å². The van der Waals surface area contributed by atoms with Gasteiger partial charge in [-0.05, 0) is 25.0 Å². The fourth-order valence-corrected chi connectivity index (χ4v) is 2.85. The summed E-state index contributed by atoms with van der Waals surface area (Å²) in [4.78, 5) is 11.7. The molecule has 4 heteroatoms. The van der Waals surface area contributed by atoms with Gasteiger partial charge in [-0.2, -0.15) is 0 Å². The first-order chi connectivity index (χ1) is 8.49.